The summed E-state index contributed by atoms with van der Waals surface area (Å²) in [5.74, 6) is 0. The first-order chi connectivity index (χ1) is 10.6. The predicted molar refractivity (Wildman–Crippen MR) is 87.7 cm³/mol. The summed E-state index contributed by atoms with van der Waals surface area (Å²) >= 11 is -4.22. The summed E-state index contributed by atoms with van der Waals surface area (Å²) in [4.78, 5) is 1.25. The fraction of sp³-hybridized carbons (Fsp3) is 0.222. The van der Waals surface area contributed by atoms with Crippen molar-refractivity contribution in [1.82, 2.24) is 0 Å². The molecule has 1 N–H and O–H groups in total. The van der Waals surface area contributed by atoms with Crippen molar-refractivity contribution >= 4 is 17.2 Å². The van der Waals surface area contributed by atoms with E-state index in [4.69, 9.17) is 0 Å². The van der Waals surface area contributed by atoms with E-state index in [9.17, 15) is 12.8 Å². The van der Waals surface area contributed by atoms with Crippen LogP contribution in [0.15, 0.2) is 71.7 Å². The van der Waals surface area contributed by atoms with E-state index in [-0.39, 0.29) is 0 Å². The molecule has 0 heterocycles. The van der Waals surface area contributed by atoms with Crippen molar-refractivity contribution in [2.24, 2.45) is 0 Å². The molecule has 2 rings (SSSR count). The van der Waals surface area contributed by atoms with Crippen LogP contribution in [0.1, 0.15) is 18.4 Å². The second-order valence-electron chi connectivity index (χ2n) is 5.14. The van der Waals surface area contributed by atoms with Gasteiger partial charge < -0.3 is 0 Å². The Bertz CT molecular complexity index is 692. The quantitative estimate of drug-likeness (QED) is 0.770. The molecule has 0 spiro atoms. The molecule has 0 radical (unpaired) electrons. The van der Waals surface area contributed by atoms with E-state index in [1.54, 1.807) is 36.4 Å². The standard InChI is InChI=1S/C18H20O3Se/c19-17(14-13-16-8-3-1-4-9-16)10-7-15-22(20,21)18-11-5-2-6-12-18/h1-9,11-12,15,17,19H,10,13-14H2/b15-7+. The van der Waals surface area contributed by atoms with Crippen molar-refractivity contribution in [1.29, 1.82) is 0 Å². The van der Waals surface area contributed by atoms with Gasteiger partial charge in [0.1, 0.15) is 0 Å². The molecule has 0 amide bonds. The zero-order chi connectivity index (χ0) is 15.8. The van der Waals surface area contributed by atoms with Crippen molar-refractivity contribution in [3.63, 3.8) is 0 Å². The molecule has 0 aromatic heterocycles. The van der Waals surface area contributed by atoms with E-state index in [1.807, 2.05) is 30.3 Å². The van der Waals surface area contributed by atoms with Crippen molar-refractivity contribution in [3.8, 4) is 0 Å². The first kappa shape index (κ1) is 16.6. The Morgan fingerprint density at radius 3 is 2.18 bits per heavy atom. The molecule has 1 atom stereocenters. The van der Waals surface area contributed by atoms with E-state index in [0.717, 1.165) is 6.42 Å². The Hall–Kier alpha value is -1.74. The van der Waals surface area contributed by atoms with Crippen LogP contribution in [0.4, 0.5) is 0 Å². The number of hydrogen-bond acceptors (Lipinski definition) is 3. The third-order valence-electron chi connectivity index (χ3n) is 3.36. The Labute approximate surface area is 132 Å². The molecular formula is C18H20O3Se. The van der Waals surface area contributed by atoms with Crippen molar-refractivity contribution in [3.05, 3.63) is 77.3 Å². The monoisotopic (exact) mass is 364 g/mol. The predicted octanol–water partition coefficient (Wildman–Crippen LogP) is 2.68. The molecule has 0 aliphatic carbocycles. The minimum absolute atomic E-state index is 0.341. The molecule has 4 heteroatoms. The Morgan fingerprint density at radius 2 is 1.55 bits per heavy atom. The van der Waals surface area contributed by atoms with Crippen molar-refractivity contribution in [2.45, 2.75) is 25.4 Å². The minimum atomic E-state index is -4.22. The zero-order valence-electron chi connectivity index (χ0n) is 12.3. The van der Waals surface area contributed by atoms with Gasteiger partial charge in [0.05, 0.1) is 0 Å². The van der Waals surface area contributed by atoms with Gasteiger partial charge in [0, 0.05) is 0 Å². The molecule has 0 fully saturated rings. The first-order valence-electron chi connectivity index (χ1n) is 7.26. The molecular weight excluding hydrogens is 343 g/mol. The average molecular weight is 363 g/mol. The SMILES string of the molecule is O=[Se](=O)(/C=C/CC(O)CCc1ccccc1)c1ccccc1. The van der Waals surface area contributed by atoms with Gasteiger partial charge in [-0.25, -0.2) is 0 Å². The summed E-state index contributed by atoms with van der Waals surface area (Å²) in [5, 5.41) is 9.94. The van der Waals surface area contributed by atoms with E-state index in [0.29, 0.717) is 17.3 Å². The van der Waals surface area contributed by atoms with Gasteiger partial charge in [-0.15, -0.1) is 0 Å². The third kappa shape index (κ3) is 5.23. The average Bonchev–Trinajstić information content (AvgIpc) is 2.54. The zero-order valence-corrected chi connectivity index (χ0v) is 14.0. The van der Waals surface area contributed by atoms with Crippen molar-refractivity contribution in [2.75, 3.05) is 0 Å². The third-order valence-corrected chi connectivity index (χ3v) is 6.47. The van der Waals surface area contributed by atoms with Crippen LogP contribution in [0, 0.1) is 0 Å². The number of benzene rings is 2. The number of aliphatic hydroxyl groups excluding tert-OH is 1. The Kier molecular flexibility index (Phi) is 6.08. The molecule has 1 unspecified atom stereocenters. The van der Waals surface area contributed by atoms with E-state index >= 15 is 0 Å². The van der Waals surface area contributed by atoms with Gasteiger partial charge in [-0.2, -0.15) is 0 Å². The molecule has 0 bridgehead atoms. The van der Waals surface area contributed by atoms with Gasteiger partial charge >= 0.3 is 133 Å². The normalized spacial score (nSPS) is 13.3. The van der Waals surface area contributed by atoms with Crippen LogP contribution in [0.5, 0.6) is 0 Å². The van der Waals surface area contributed by atoms with Gasteiger partial charge in [0.25, 0.3) is 0 Å². The maximum absolute atomic E-state index is 12.1. The van der Waals surface area contributed by atoms with E-state index < -0.39 is 18.8 Å². The summed E-state index contributed by atoms with van der Waals surface area (Å²) in [6.07, 6.45) is 2.78. The van der Waals surface area contributed by atoms with Crippen LogP contribution < -0.4 is 4.46 Å². The fourth-order valence-electron chi connectivity index (χ4n) is 2.12. The molecule has 3 nitrogen and oxygen atoms in total. The summed E-state index contributed by atoms with van der Waals surface area (Å²) in [6, 6.07) is 18.3. The van der Waals surface area contributed by atoms with E-state index in [2.05, 4.69) is 0 Å². The molecule has 0 aliphatic rings. The second-order valence-corrected chi connectivity index (χ2v) is 8.99. The topological polar surface area (TPSA) is 54.4 Å². The molecule has 2 aromatic rings. The van der Waals surface area contributed by atoms with Crippen LogP contribution in [-0.2, 0) is 14.1 Å². The first-order valence-corrected chi connectivity index (χ1v) is 10.5. The molecule has 0 saturated heterocycles. The number of aryl methyl sites for hydroxylation is 1. The Balaban J connectivity index is 1.84. The van der Waals surface area contributed by atoms with Crippen molar-refractivity contribution < 1.29 is 12.8 Å². The summed E-state index contributed by atoms with van der Waals surface area (Å²) < 4.78 is 24.5. The van der Waals surface area contributed by atoms with Crippen LogP contribution in [-0.4, -0.2) is 23.9 Å². The van der Waals surface area contributed by atoms with Gasteiger partial charge in [-0.3, -0.25) is 0 Å². The van der Waals surface area contributed by atoms with Crippen LogP contribution in [0.3, 0.4) is 0 Å². The molecule has 116 valence electrons. The Morgan fingerprint density at radius 1 is 0.955 bits per heavy atom. The molecule has 0 saturated carbocycles. The molecule has 22 heavy (non-hydrogen) atoms. The number of aliphatic hydroxyl groups is 1. The number of rotatable bonds is 7. The maximum atomic E-state index is 12.1. The number of hydrogen-bond donors (Lipinski definition) is 1. The van der Waals surface area contributed by atoms with Crippen LogP contribution >= 0.6 is 0 Å². The van der Waals surface area contributed by atoms with E-state index in [1.165, 1.54) is 10.5 Å². The molecule has 0 aliphatic heterocycles. The van der Waals surface area contributed by atoms with Gasteiger partial charge in [-0.1, -0.05) is 0 Å². The van der Waals surface area contributed by atoms with Gasteiger partial charge in [0.15, 0.2) is 0 Å². The van der Waals surface area contributed by atoms with Crippen LogP contribution in [0.25, 0.3) is 0 Å². The summed E-state index contributed by atoms with van der Waals surface area (Å²) in [5.41, 5.74) is 1.17. The fourth-order valence-corrected chi connectivity index (χ4v) is 4.34. The summed E-state index contributed by atoms with van der Waals surface area (Å²) in [6.45, 7) is 0. The van der Waals surface area contributed by atoms with Gasteiger partial charge in [-0.05, 0) is 0 Å². The van der Waals surface area contributed by atoms with Gasteiger partial charge in [0.2, 0.25) is 0 Å². The second kappa shape index (κ2) is 8.04. The molecule has 2 aromatic carbocycles. The van der Waals surface area contributed by atoms with Crippen LogP contribution in [0.2, 0.25) is 0 Å². The summed E-state index contributed by atoms with van der Waals surface area (Å²) in [7, 11) is 0.